The Labute approximate surface area is 114 Å². The summed E-state index contributed by atoms with van der Waals surface area (Å²) in [6.07, 6.45) is 0.515. The van der Waals surface area contributed by atoms with Crippen LogP contribution < -0.4 is 0 Å². The number of rotatable bonds is 6. The molecule has 0 spiro atoms. The lowest BCUT2D eigenvalue weighted by Crippen LogP contribution is -2.20. The Bertz CT molecular complexity index is 529. The van der Waals surface area contributed by atoms with Gasteiger partial charge in [-0.25, -0.2) is 8.42 Å². The first-order valence-electron chi connectivity index (χ1n) is 6.28. The number of carboxylic acids is 1. The number of hydrogen-bond donors (Lipinski definition) is 1. The first-order chi connectivity index (χ1) is 8.73. The van der Waals surface area contributed by atoms with E-state index in [1.807, 2.05) is 13.8 Å². The predicted molar refractivity (Wildman–Crippen MR) is 73.9 cm³/mol. The van der Waals surface area contributed by atoms with E-state index in [9.17, 15) is 13.2 Å². The maximum absolute atomic E-state index is 12.3. The number of carboxylic acid groups (broad SMARTS) is 1. The smallest absolute Gasteiger partial charge is 0.307 e. The van der Waals surface area contributed by atoms with E-state index in [1.165, 1.54) is 12.1 Å². The van der Waals surface area contributed by atoms with Crippen LogP contribution in [-0.4, -0.2) is 24.7 Å². The minimum Gasteiger partial charge on any atom is -0.481 e. The zero-order valence-corrected chi connectivity index (χ0v) is 12.3. The first kappa shape index (κ1) is 15.7. The second-order valence-corrected chi connectivity index (χ2v) is 7.57. The highest BCUT2D eigenvalue weighted by Crippen LogP contribution is 2.21. The van der Waals surface area contributed by atoms with E-state index in [-0.39, 0.29) is 11.3 Å². The van der Waals surface area contributed by atoms with Crippen molar-refractivity contribution in [1.29, 1.82) is 0 Å². The number of sulfone groups is 1. The van der Waals surface area contributed by atoms with Crippen LogP contribution in [0.5, 0.6) is 0 Å². The Morgan fingerprint density at radius 2 is 1.68 bits per heavy atom. The number of carbonyl (C=O) groups is 1. The molecule has 0 aromatic heterocycles. The third-order valence-electron chi connectivity index (χ3n) is 2.94. The molecule has 1 rings (SSSR count). The zero-order chi connectivity index (χ0) is 14.6. The summed E-state index contributed by atoms with van der Waals surface area (Å²) in [5.74, 6) is -0.611. The van der Waals surface area contributed by atoms with Crippen molar-refractivity contribution in [2.75, 3.05) is 0 Å². The van der Waals surface area contributed by atoms with Crippen molar-refractivity contribution in [3.8, 4) is 0 Å². The van der Waals surface area contributed by atoms with Gasteiger partial charge in [0.05, 0.1) is 16.6 Å². The van der Waals surface area contributed by atoms with Crippen molar-refractivity contribution in [2.24, 2.45) is 5.92 Å². The van der Waals surface area contributed by atoms with Crippen LogP contribution in [0.15, 0.2) is 29.2 Å². The number of benzene rings is 1. The van der Waals surface area contributed by atoms with E-state index in [4.69, 9.17) is 5.11 Å². The van der Waals surface area contributed by atoms with Gasteiger partial charge in [-0.1, -0.05) is 26.0 Å². The van der Waals surface area contributed by atoms with Crippen molar-refractivity contribution in [2.45, 2.75) is 43.8 Å². The summed E-state index contributed by atoms with van der Waals surface area (Å²) in [7, 11) is -3.33. The van der Waals surface area contributed by atoms with Crippen LogP contribution in [0.25, 0.3) is 0 Å². The van der Waals surface area contributed by atoms with E-state index in [0.717, 1.165) is 0 Å². The molecule has 0 bridgehead atoms. The second kappa shape index (κ2) is 6.19. The molecule has 1 atom stereocenters. The van der Waals surface area contributed by atoms with Gasteiger partial charge in [-0.15, -0.1) is 0 Å². The normalized spacial score (nSPS) is 13.5. The molecule has 1 N–H and O–H groups in total. The van der Waals surface area contributed by atoms with Crippen molar-refractivity contribution in [3.63, 3.8) is 0 Å². The van der Waals surface area contributed by atoms with Crippen LogP contribution in [-0.2, 0) is 21.1 Å². The Morgan fingerprint density at radius 1 is 1.16 bits per heavy atom. The molecule has 0 aliphatic carbocycles. The highest BCUT2D eigenvalue weighted by Gasteiger charge is 2.23. The van der Waals surface area contributed by atoms with Crippen LogP contribution in [0, 0.1) is 5.92 Å². The molecular formula is C14H20O4S. The van der Waals surface area contributed by atoms with Crippen LogP contribution in [0.4, 0.5) is 0 Å². The van der Waals surface area contributed by atoms with Crippen molar-refractivity contribution in [3.05, 3.63) is 29.8 Å². The van der Waals surface area contributed by atoms with Crippen LogP contribution in [0.2, 0.25) is 0 Å². The SMILES string of the molecule is CC(C)CC(C)S(=O)(=O)c1ccc(CC(=O)O)cc1. The third kappa shape index (κ3) is 4.35. The lowest BCUT2D eigenvalue weighted by Gasteiger charge is -2.15. The molecule has 19 heavy (non-hydrogen) atoms. The molecule has 0 saturated heterocycles. The molecule has 106 valence electrons. The average Bonchev–Trinajstić information content (AvgIpc) is 2.27. The molecule has 0 radical (unpaired) electrons. The highest BCUT2D eigenvalue weighted by atomic mass is 32.2. The summed E-state index contributed by atoms with van der Waals surface area (Å²) < 4.78 is 24.6. The summed E-state index contributed by atoms with van der Waals surface area (Å²) >= 11 is 0. The zero-order valence-electron chi connectivity index (χ0n) is 11.5. The molecule has 5 heteroatoms. The van der Waals surface area contributed by atoms with Gasteiger partial charge in [-0.3, -0.25) is 4.79 Å². The molecule has 1 unspecified atom stereocenters. The number of hydrogen-bond acceptors (Lipinski definition) is 3. The summed E-state index contributed by atoms with van der Waals surface area (Å²) in [6, 6.07) is 6.10. The lowest BCUT2D eigenvalue weighted by molar-refractivity contribution is -0.136. The molecule has 1 aromatic rings. The van der Waals surface area contributed by atoms with Crippen molar-refractivity contribution in [1.82, 2.24) is 0 Å². The second-order valence-electron chi connectivity index (χ2n) is 5.20. The van der Waals surface area contributed by atoms with Gasteiger partial charge in [0.2, 0.25) is 0 Å². The van der Waals surface area contributed by atoms with Crippen molar-refractivity contribution >= 4 is 15.8 Å². The molecule has 0 saturated carbocycles. The van der Waals surface area contributed by atoms with Gasteiger partial charge in [0.1, 0.15) is 0 Å². The topological polar surface area (TPSA) is 71.4 Å². The lowest BCUT2D eigenvalue weighted by atomic mass is 10.1. The Morgan fingerprint density at radius 3 is 2.11 bits per heavy atom. The summed E-state index contributed by atoms with van der Waals surface area (Å²) in [5.41, 5.74) is 0.600. The molecule has 0 heterocycles. The fourth-order valence-electron chi connectivity index (χ4n) is 1.99. The van der Waals surface area contributed by atoms with Gasteiger partial charge in [-0.05, 0) is 37.0 Å². The largest absolute Gasteiger partial charge is 0.481 e. The van der Waals surface area contributed by atoms with Crippen molar-refractivity contribution < 1.29 is 18.3 Å². The molecule has 0 fully saturated rings. The highest BCUT2D eigenvalue weighted by molar-refractivity contribution is 7.92. The standard InChI is InChI=1S/C14H20O4S/c1-10(2)8-11(3)19(17,18)13-6-4-12(5-7-13)9-14(15)16/h4-7,10-11H,8-9H2,1-3H3,(H,15,16). The maximum atomic E-state index is 12.3. The Kier molecular flexibility index (Phi) is 5.11. The molecule has 0 aliphatic rings. The minimum absolute atomic E-state index is 0.0954. The summed E-state index contributed by atoms with van der Waals surface area (Å²) in [6.45, 7) is 5.68. The minimum atomic E-state index is -3.33. The molecular weight excluding hydrogens is 264 g/mol. The fraction of sp³-hybridized carbons (Fsp3) is 0.500. The van der Waals surface area contributed by atoms with Gasteiger partial charge in [0, 0.05) is 0 Å². The van der Waals surface area contributed by atoms with E-state index >= 15 is 0 Å². The fourth-order valence-corrected chi connectivity index (χ4v) is 3.61. The molecule has 0 amide bonds. The van der Waals surface area contributed by atoms with Crippen LogP contribution in [0.1, 0.15) is 32.8 Å². The molecule has 4 nitrogen and oxygen atoms in total. The van der Waals surface area contributed by atoms with E-state index in [0.29, 0.717) is 17.9 Å². The van der Waals surface area contributed by atoms with Gasteiger partial charge in [0.25, 0.3) is 0 Å². The number of aliphatic carboxylic acids is 1. The maximum Gasteiger partial charge on any atom is 0.307 e. The Hall–Kier alpha value is -1.36. The molecule has 1 aromatic carbocycles. The van der Waals surface area contributed by atoms with Gasteiger partial charge >= 0.3 is 5.97 Å². The first-order valence-corrected chi connectivity index (χ1v) is 7.82. The quantitative estimate of drug-likeness (QED) is 0.871. The van der Waals surface area contributed by atoms with Gasteiger partial charge in [-0.2, -0.15) is 0 Å². The van der Waals surface area contributed by atoms with E-state index in [2.05, 4.69) is 0 Å². The van der Waals surface area contributed by atoms with Crippen LogP contribution in [0.3, 0.4) is 0 Å². The Balaban J connectivity index is 2.93. The van der Waals surface area contributed by atoms with Crippen LogP contribution >= 0.6 is 0 Å². The average molecular weight is 284 g/mol. The van der Waals surface area contributed by atoms with E-state index < -0.39 is 21.1 Å². The third-order valence-corrected chi connectivity index (χ3v) is 5.12. The predicted octanol–water partition coefficient (Wildman–Crippen LogP) is 2.52. The summed E-state index contributed by atoms with van der Waals surface area (Å²) in [4.78, 5) is 10.8. The van der Waals surface area contributed by atoms with Gasteiger partial charge in [0.15, 0.2) is 9.84 Å². The monoisotopic (exact) mass is 284 g/mol. The van der Waals surface area contributed by atoms with Gasteiger partial charge < -0.3 is 5.11 Å². The molecule has 0 aliphatic heterocycles. The van der Waals surface area contributed by atoms with E-state index in [1.54, 1.807) is 19.1 Å². The summed E-state index contributed by atoms with van der Waals surface area (Å²) in [5, 5.41) is 8.23.